The number of carbonyl (C=O) groups excluding carboxylic acids is 1. The second-order valence-corrected chi connectivity index (χ2v) is 2.01. The lowest BCUT2D eigenvalue weighted by Gasteiger charge is -1.88. The summed E-state index contributed by atoms with van der Waals surface area (Å²) in [4.78, 5) is 10.4. The van der Waals surface area contributed by atoms with Crippen LogP contribution in [-0.4, -0.2) is 5.78 Å². The topological polar surface area (TPSA) is 17.1 Å². The molecule has 0 aromatic heterocycles. The van der Waals surface area contributed by atoms with E-state index in [-0.39, 0.29) is 5.78 Å². The molecule has 1 atom stereocenters. The molecule has 0 heterocycles. The Balaban J connectivity index is 2.58. The summed E-state index contributed by atoms with van der Waals surface area (Å²) in [5.41, 5.74) is 0. The Kier molecular flexibility index (Phi) is 0.970. The fraction of sp³-hybridized carbons (Fsp3) is 0.500. The van der Waals surface area contributed by atoms with Gasteiger partial charge in [0.25, 0.3) is 0 Å². The van der Waals surface area contributed by atoms with E-state index in [0.717, 1.165) is 6.42 Å². The van der Waals surface area contributed by atoms with Gasteiger partial charge in [0.05, 0.1) is 0 Å². The average Bonchev–Trinajstić information content (AvgIpc) is 1.87. The van der Waals surface area contributed by atoms with E-state index in [1.165, 1.54) is 0 Å². The molecule has 0 unspecified atom stereocenters. The maximum atomic E-state index is 10.4. The summed E-state index contributed by atoms with van der Waals surface area (Å²) in [6, 6.07) is 0. The van der Waals surface area contributed by atoms with Gasteiger partial charge in [-0.2, -0.15) is 0 Å². The molecule has 0 aromatic rings. The summed E-state index contributed by atoms with van der Waals surface area (Å²) in [6.45, 7) is 2.04. The zero-order valence-electron chi connectivity index (χ0n) is 4.35. The van der Waals surface area contributed by atoms with E-state index in [2.05, 4.69) is 0 Å². The number of ketones is 1. The van der Waals surface area contributed by atoms with Crippen LogP contribution in [-0.2, 0) is 4.79 Å². The van der Waals surface area contributed by atoms with E-state index in [1.807, 2.05) is 13.0 Å². The minimum atomic E-state index is 0.271. The van der Waals surface area contributed by atoms with Crippen LogP contribution >= 0.6 is 0 Å². The molecule has 0 fully saturated rings. The van der Waals surface area contributed by atoms with Gasteiger partial charge < -0.3 is 0 Å². The van der Waals surface area contributed by atoms with Gasteiger partial charge >= 0.3 is 0 Å². The van der Waals surface area contributed by atoms with Crippen molar-refractivity contribution in [3.8, 4) is 0 Å². The van der Waals surface area contributed by atoms with Gasteiger partial charge in [-0.05, 0) is 12.0 Å². The molecule has 0 saturated carbocycles. The van der Waals surface area contributed by atoms with E-state index >= 15 is 0 Å². The van der Waals surface area contributed by atoms with Crippen molar-refractivity contribution in [2.75, 3.05) is 0 Å². The predicted octanol–water partition coefficient (Wildman–Crippen LogP) is 1.15. The second-order valence-electron chi connectivity index (χ2n) is 2.01. The van der Waals surface area contributed by atoms with Crippen molar-refractivity contribution in [2.45, 2.75) is 13.3 Å². The van der Waals surface area contributed by atoms with Crippen LogP contribution < -0.4 is 0 Å². The van der Waals surface area contributed by atoms with E-state index in [0.29, 0.717) is 5.92 Å². The molecule has 1 aliphatic carbocycles. The summed E-state index contributed by atoms with van der Waals surface area (Å²) in [5.74, 6) is 0.764. The Hall–Kier alpha value is -0.590. The van der Waals surface area contributed by atoms with Gasteiger partial charge in [-0.1, -0.05) is 13.0 Å². The molecular weight excluding hydrogens is 88.1 g/mol. The minimum Gasteiger partial charge on any atom is -0.295 e. The van der Waals surface area contributed by atoms with Crippen LogP contribution in [0, 0.1) is 5.92 Å². The fourth-order valence-electron chi connectivity index (χ4n) is 0.725. The monoisotopic (exact) mass is 96.1 g/mol. The molecule has 38 valence electrons. The van der Waals surface area contributed by atoms with Crippen LogP contribution in [0.3, 0.4) is 0 Å². The van der Waals surface area contributed by atoms with Crippen LogP contribution in [0.5, 0.6) is 0 Å². The Morgan fingerprint density at radius 2 is 2.57 bits per heavy atom. The maximum absolute atomic E-state index is 10.4. The lowest BCUT2D eigenvalue weighted by molar-refractivity contribution is -0.114. The first kappa shape index (κ1) is 4.57. The molecule has 0 amide bonds. The molecular formula is C6H8O. The van der Waals surface area contributed by atoms with E-state index in [9.17, 15) is 4.79 Å². The highest BCUT2D eigenvalue weighted by atomic mass is 16.1. The van der Waals surface area contributed by atoms with Crippen molar-refractivity contribution in [3.63, 3.8) is 0 Å². The van der Waals surface area contributed by atoms with Crippen molar-refractivity contribution in [1.82, 2.24) is 0 Å². The first-order valence-electron chi connectivity index (χ1n) is 2.50. The van der Waals surface area contributed by atoms with Crippen LogP contribution in [0.25, 0.3) is 0 Å². The number of allylic oxidation sites excluding steroid dienone is 2. The Morgan fingerprint density at radius 1 is 1.86 bits per heavy atom. The first-order valence-corrected chi connectivity index (χ1v) is 2.50. The normalized spacial score (nSPS) is 29.3. The largest absolute Gasteiger partial charge is 0.295 e. The minimum absolute atomic E-state index is 0.271. The molecule has 1 heteroatoms. The Bertz CT molecular complexity index is 113. The van der Waals surface area contributed by atoms with Gasteiger partial charge in [0.15, 0.2) is 5.78 Å². The summed E-state index contributed by atoms with van der Waals surface area (Å²) in [6.07, 6.45) is 4.33. The lowest BCUT2D eigenvalue weighted by Crippen LogP contribution is -1.88. The molecule has 1 rings (SSSR count). The van der Waals surface area contributed by atoms with Crippen LogP contribution in [0.2, 0.25) is 0 Å². The van der Waals surface area contributed by atoms with Gasteiger partial charge in [-0.15, -0.1) is 0 Å². The molecule has 0 aliphatic heterocycles. The molecule has 7 heavy (non-hydrogen) atoms. The van der Waals surface area contributed by atoms with E-state index in [1.54, 1.807) is 6.08 Å². The van der Waals surface area contributed by atoms with Gasteiger partial charge in [0.2, 0.25) is 0 Å². The number of hydrogen-bond acceptors (Lipinski definition) is 1. The Labute approximate surface area is 43.0 Å². The third kappa shape index (κ3) is 0.889. The summed E-state index contributed by atoms with van der Waals surface area (Å²) in [7, 11) is 0. The highest BCUT2D eigenvalue weighted by Crippen LogP contribution is 2.11. The number of rotatable bonds is 0. The zero-order chi connectivity index (χ0) is 5.28. The van der Waals surface area contributed by atoms with Crippen molar-refractivity contribution >= 4 is 5.78 Å². The second kappa shape index (κ2) is 1.49. The molecule has 1 aliphatic rings. The first-order chi connectivity index (χ1) is 3.29. The third-order valence-electron chi connectivity index (χ3n) is 1.13. The fourth-order valence-corrected chi connectivity index (χ4v) is 0.725. The molecule has 0 N–H and O–H groups in total. The van der Waals surface area contributed by atoms with Crippen LogP contribution in [0.4, 0.5) is 0 Å². The van der Waals surface area contributed by atoms with Crippen LogP contribution in [0.15, 0.2) is 12.2 Å². The zero-order valence-corrected chi connectivity index (χ0v) is 4.35. The van der Waals surface area contributed by atoms with Crippen molar-refractivity contribution in [3.05, 3.63) is 12.2 Å². The van der Waals surface area contributed by atoms with Crippen LogP contribution in [0.1, 0.15) is 13.3 Å². The maximum Gasteiger partial charge on any atom is 0.155 e. The SMILES string of the molecule is C[C@H]1C=CC(=O)C1. The lowest BCUT2D eigenvalue weighted by atomic mass is 10.2. The smallest absolute Gasteiger partial charge is 0.155 e. The summed E-state index contributed by atoms with van der Waals surface area (Å²) in [5, 5.41) is 0. The molecule has 0 radical (unpaired) electrons. The van der Waals surface area contributed by atoms with Gasteiger partial charge in [-0.25, -0.2) is 0 Å². The predicted molar refractivity (Wildman–Crippen MR) is 27.9 cm³/mol. The summed E-state index contributed by atoms with van der Waals surface area (Å²) < 4.78 is 0. The molecule has 1 nitrogen and oxygen atoms in total. The third-order valence-corrected chi connectivity index (χ3v) is 1.13. The molecule has 0 aromatic carbocycles. The molecule has 0 bridgehead atoms. The summed E-state index contributed by atoms with van der Waals surface area (Å²) >= 11 is 0. The highest BCUT2D eigenvalue weighted by molar-refractivity contribution is 5.92. The molecule has 0 saturated heterocycles. The van der Waals surface area contributed by atoms with Crippen molar-refractivity contribution < 1.29 is 4.79 Å². The van der Waals surface area contributed by atoms with E-state index < -0.39 is 0 Å². The Morgan fingerprint density at radius 3 is 2.71 bits per heavy atom. The molecule has 0 spiro atoms. The number of carbonyl (C=O) groups is 1. The average molecular weight is 96.1 g/mol. The number of hydrogen-bond donors (Lipinski definition) is 0. The van der Waals surface area contributed by atoms with Gasteiger partial charge in [-0.3, -0.25) is 4.79 Å². The van der Waals surface area contributed by atoms with Crippen molar-refractivity contribution in [1.29, 1.82) is 0 Å². The highest BCUT2D eigenvalue weighted by Gasteiger charge is 2.08. The standard InChI is InChI=1S/C6H8O/c1-5-2-3-6(7)4-5/h2-3,5H,4H2,1H3/t5-/m0/s1. The van der Waals surface area contributed by atoms with E-state index in [4.69, 9.17) is 0 Å². The quantitative estimate of drug-likeness (QED) is 0.442. The van der Waals surface area contributed by atoms with Gasteiger partial charge in [0.1, 0.15) is 0 Å². The van der Waals surface area contributed by atoms with Gasteiger partial charge in [0, 0.05) is 6.42 Å². The van der Waals surface area contributed by atoms with Crippen molar-refractivity contribution in [2.24, 2.45) is 5.92 Å².